The third-order valence-electron chi connectivity index (χ3n) is 6.39. The minimum absolute atomic E-state index is 0.00118. The molecule has 0 radical (unpaired) electrons. The van der Waals surface area contributed by atoms with Crippen LogP contribution in [-0.4, -0.2) is 74.2 Å². The number of benzene rings is 1. The molecule has 30 heavy (non-hydrogen) atoms. The number of nitrogens with zero attached hydrogens (tertiary/aromatic N) is 2. The average Bonchev–Trinajstić information content (AvgIpc) is 3.64. The van der Waals surface area contributed by atoms with E-state index >= 15 is 0 Å². The molecule has 164 valence electrons. The van der Waals surface area contributed by atoms with Crippen LogP contribution in [0.2, 0.25) is 0 Å². The van der Waals surface area contributed by atoms with E-state index in [4.69, 9.17) is 14.2 Å². The molecule has 2 heterocycles. The molecule has 7 nitrogen and oxygen atoms in total. The number of piperidine rings is 2. The maximum absolute atomic E-state index is 13.3. The van der Waals surface area contributed by atoms with E-state index in [1.807, 2.05) is 21.9 Å². The summed E-state index contributed by atoms with van der Waals surface area (Å²) in [4.78, 5) is 29.4. The number of carbonyl (C=O) groups excluding carboxylic acids is 2. The van der Waals surface area contributed by atoms with Crippen molar-refractivity contribution in [1.29, 1.82) is 0 Å². The maximum Gasteiger partial charge on any atom is 0.257 e. The Bertz CT molecular complexity index is 771. The predicted molar refractivity (Wildman–Crippen MR) is 112 cm³/mol. The molecule has 0 aromatic heterocycles. The van der Waals surface area contributed by atoms with Crippen molar-refractivity contribution < 1.29 is 23.8 Å². The largest absolute Gasteiger partial charge is 0.497 e. The maximum atomic E-state index is 13.3. The summed E-state index contributed by atoms with van der Waals surface area (Å²) in [6.07, 6.45) is 5.62. The van der Waals surface area contributed by atoms with E-state index in [9.17, 15) is 9.59 Å². The SMILES string of the molecule is COc1ccc(OC2CCN(C(=O)C3CC3)CC2)c(C(=O)N2CCC[C@@H](OC)C2)c1. The standard InChI is InChI=1S/C23H32N2O5/c1-28-18-7-8-21(20(14-18)23(27)25-11-3-4-19(15-25)29-2)30-17-9-12-24(13-10-17)22(26)16-5-6-16/h7-8,14,16-17,19H,3-6,9-13,15H2,1-2H3/t19-/m1/s1. The van der Waals surface area contributed by atoms with Gasteiger partial charge < -0.3 is 24.0 Å². The van der Waals surface area contributed by atoms with Crippen molar-refractivity contribution in [2.24, 2.45) is 5.92 Å². The number of methoxy groups -OCH3 is 2. The van der Waals surface area contributed by atoms with Gasteiger partial charge >= 0.3 is 0 Å². The number of hydrogen-bond donors (Lipinski definition) is 0. The van der Waals surface area contributed by atoms with Crippen LogP contribution in [0.5, 0.6) is 11.5 Å². The van der Waals surface area contributed by atoms with Gasteiger partial charge in [0.05, 0.1) is 18.8 Å². The van der Waals surface area contributed by atoms with Crippen molar-refractivity contribution in [3.8, 4) is 11.5 Å². The van der Waals surface area contributed by atoms with Crippen LogP contribution in [0.3, 0.4) is 0 Å². The molecule has 3 fully saturated rings. The molecule has 7 heteroatoms. The van der Waals surface area contributed by atoms with Crippen LogP contribution in [-0.2, 0) is 9.53 Å². The molecule has 1 aromatic carbocycles. The molecule has 0 bridgehead atoms. The van der Waals surface area contributed by atoms with Crippen molar-refractivity contribution in [2.45, 2.75) is 50.7 Å². The molecule has 1 aliphatic carbocycles. The number of carbonyl (C=O) groups is 2. The first-order valence-corrected chi connectivity index (χ1v) is 11.0. The molecule has 2 saturated heterocycles. The van der Waals surface area contributed by atoms with Crippen molar-refractivity contribution in [1.82, 2.24) is 9.80 Å². The summed E-state index contributed by atoms with van der Waals surface area (Å²) in [5.74, 6) is 1.73. The van der Waals surface area contributed by atoms with Gasteiger partial charge in [0.25, 0.3) is 5.91 Å². The Balaban J connectivity index is 1.44. The van der Waals surface area contributed by atoms with Crippen molar-refractivity contribution in [3.63, 3.8) is 0 Å². The summed E-state index contributed by atoms with van der Waals surface area (Å²) in [5, 5.41) is 0. The zero-order valence-electron chi connectivity index (χ0n) is 18.0. The highest BCUT2D eigenvalue weighted by Crippen LogP contribution is 2.33. The van der Waals surface area contributed by atoms with E-state index < -0.39 is 0 Å². The fraction of sp³-hybridized carbons (Fsp3) is 0.652. The van der Waals surface area contributed by atoms with Crippen molar-refractivity contribution in [3.05, 3.63) is 23.8 Å². The summed E-state index contributed by atoms with van der Waals surface area (Å²) < 4.78 is 17.1. The van der Waals surface area contributed by atoms with Gasteiger partial charge in [0.2, 0.25) is 5.91 Å². The second kappa shape index (κ2) is 9.25. The summed E-state index contributed by atoms with van der Waals surface area (Å²) in [5.41, 5.74) is 0.530. The highest BCUT2D eigenvalue weighted by molar-refractivity contribution is 5.97. The molecule has 0 unspecified atom stereocenters. The first kappa shape index (κ1) is 21.0. The molecule has 1 saturated carbocycles. The van der Waals surface area contributed by atoms with Gasteiger partial charge in [-0.15, -0.1) is 0 Å². The van der Waals surface area contributed by atoms with E-state index in [-0.39, 0.29) is 24.0 Å². The van der Waals surface area contributed by atoms with E-state index in [0.717, 1.165) is 58.2 Å². The highest BCUT2D eigenvalue weighted by Gasteiger charge is 2.35. The Morgan fingerprint density at radius 3 is 2.37 bits per heavy atom. The Labute approximate surface area is 178 Å². The first-order valence-electron chi connectivity index (χ1n) is 11.0. The Kier molecular flexibility index (Phi) is 6.46. The topological polar surface area (TPSA) is 68.3 Å². The molecular weight excluding hydrogens is 384 g/mol. The number of hydrogen-bond acceptors (Lipinski definition) is 5. The average molecular weight is 417 g/mol. The van der Waals surface area contributed by atoms with Gasteiger partial charge in [-0.05, 0) is 43.9 Å². The predicted octanol–water partition coefficient (Wildman–Crippen LogP) is 2.73. The lowest BCUT2D eigenvalue weighted by atomic mass is 10.0. The molecule has 0 spiro atoms. The van der Waals surface area contributed by atoms with E-state index in [1.54, 1.807) is 20.3 Å². The van der Waals surface area contributed by atoms with Gasteiger partial charge in [0.15, 0.2) is 0 Å². The van der Waals surface area contributed by atoms with Crippen LogP contribution in [0.1, 0.15) is 48.9 Å². The Morgan fingerprint density at radius 1 is 0.933 bits per heavy atom. The lowest BCUT2D eigenvalue weighted by Gasteiger charge is -2.34. The smallest absolute Gasteiger partial charge is 0.257 e. The second-order valence-corrected chi connectivity index (χ2v) is 8.53. The molecule has 2 aliphatic heterocycles. The van der Waals surface area contributed by atoms with Crippen molar-refractivity contribution >= 4 is 11.8 Å². The minimum Gasteiger partial charge on any atom is -0.497 e. The van der Waals surface area contributed by atoms with E-state index in [2.05, 4.69) is 0 Å². The zero-order chi connectivity index (χ0) is 21.1. The van der Waals surface area contributed by atoms with Gasteiger partial charge in [-0.1, -0.05) is 0 Å². The second-order valence-electron chi connectivity index (χ2n) is 8.53. The fourth-order valence-electron chi connectivity index (χ4n) is 4.35. The van der Waals surface area contributed by atoms with E-state index in [0.29, 0.717) is 29.5 Å². The third-order valence-corrected chi connectivity index (χ3v) is 6.39. The van der Waals surface area contributed by atoms with Crippen LogP contribution < -0.4 is 9.47 Å². The Hall–Kier alpha value is -2.28. The van der Waals surface area contributed by atoms with Crippen molar-refractivity contribution in [2.75, 3.05) is 40.4 Å². The van der Waals surface area contributed by atoms with Crippen LogP contribution >= 0.6 is 0 Å². The minimum atomic E-state index is -0.0491. The van der Waals surface area contributed by atoms with Crippen LogP contribution in [0, 0.1) is 5.92 Å². The Morgan fingerprint density at radius 2 is 1.70 bits per heavy atom. The molecule has 1 atom stereocenters. The van der Waals surface area contributed by atoms with Crippen LogP contribution in [0.15, 0.2) is 18.2 Å². The first-order chi connectivity index (χ1) is 14.6. The number of amides is 2. The monoisotopic (exact) mass is 416 g/mol. The van der Waals surface area contributed by atoms with Gasteiger partial charge in [-0.2, -0.15) is 0 Å². The lowest BCUT2D eigenvalue weighted by molar-refractivity contribution is -0.134. The zero-order valence-corrected chi connectivity index (χ0v) is 18.0. The quantitative estimate of drug-likeness (QED) is 0.713. The van der Waals surface area contributed by atoms with Gasteiger partial charge in [-0.25, -0.2) is 0 Å². The van der Waals surface area contributed by atoms with Gasteiger partial charge in [0.1, 0.15) is 17.6 Å². The van der Waals surface area contributed by atoms with Crippen LogP contribution in [0.25, 0.3) is 0 Å². The molecular formula is C23H32N2O5. The number of likely N-dealkylation sites (tertiary alicyclic amines) is 2. The van der Waals surface area contributed by atoms with Crippen LogP contribution in [0.4, 0.5) is 0 Å². The van der Waals surface area contributed by atoms with Gasteiger partial charge in [-0.3, -0.25) is 9.59 Å². The number of ether oxygens (including phenoxy) is 3. The molecule has 3 aliphatic rings. The summed E-state index contributed by atoms with van der Waals surface area (Å²) in [6.45, 7) is 2.76. The van der Waals surface area contributed by atoms with E-state index in [1.165, 1.54) is 0 Å². The molecule has 4 rings (SSSR count). The summed E-state index contributed by atoms with van der Waals surface area (Å²) in [6, 6.07) is 5.41. The molecule has 2 amide bonds. The summed E-state index contributed by atoms with van der Waals surface area (Å²) >= 11 is 0. The fourth-order valence-corrected chi connectivity index (χ4v) is 4.35. The number of rotatable bonds is 6. The molecule has 0 N–H and O–H groups in total. The highest BCUT2D eigenvalue weighted by atomic mass is 16.5. The molecule has 1 aromatic rings. The van der Waals surface area contributed by atoms with Gasteiger partial charge in [0, 0.05) is 52.0 Å². The lowest BCUT2D eigenvalue weighted by Crippen LogP contribution is -2.43. The summed E-state index contributed by atoms with van der Waals surface area (Å²) in [7, 11) is 3.29. The third kappa shape index (κ3) is 4.72. The normalized spacial score (nSPS) is 22.7.